The Balaban J connectivity index is 2.21. The van der Waals surface area contributed by atoms with Gasteiger partial charge in [0.1, 0.15) is 0 Å². The maximum atomic E-state index is 12.5. The number of benzene rings is 1. The number of urea groups is 1. The van der Waals surface area contributed by atoms with Crippen LogP contribution in [-0.2, 0) is 5.54 Å². The molecule has 1 heterocycles. The molecule has 21 heavy (non-hydrogen) atoms. The van der Waals surface area contributed by atoms with E-state index in [0.717, 1.165) is 17.1 Å². The third-order valence-electron chi connectivity index (χ3n) is 4.65. The lowest BCUT2D eigenvalue weighted by atomic mass is 9.70. The van der Waals surface area contributed by atoms with Crippen LogP contribution in [0.5, 0.6) is 0 Å². The van der Waals surface area contributed by atoms with Crippen LogP contribution in [0, 0.1) is 11.3 Å². The van der Waals surface area contributed by atoms with Crippen molar-refractivity contribution in [1.82, 2.24) is 4.90 Å². The van der Waals surface area contributed by atoms with Gasteiger partial charge in [-0.2, -0.15) is 0 Å². The van der Waals surface area contributed by atoms with Crippen LogP contribution in [0.1, 0.15) is 45.6 Å². The highest BCUT2D eigenvalue weighted by molar-refractivity contribution is 6.30. The molecule has 0 radical (unpaired) electrons. The zero-order chi connectivity index (χ0) is 15.4. The summed E-state index contributed by atoms with van der Waals surface area (Å²) in [5.41, 5.74) is 1.99. The lowest BCUT2D eigenvalue weighted by Gasteiger charge is -2.49. The van der Waals surface area contributed by atoms with Gasteiger partial charge in [-0.15, -0.1) is 0 Å². The fourth-order valence-corrected chi connectivity index (χ4v) is 3.94. The van der Waals surface area contributed by atoms with Gasteiger partial charge >= 0.3 is 6.03 Å². The van der Waals surface area contributed by atoms with E-state index in [-0.39, 0.29) is 17.0 Å². The summed E-state index contributed by atoms with van der Waals surface area (Å²) < 4.78 is 0. The molecule has 1 aromatic rings. The van der Waals surface area contributed by atoms with Gasteiger partial charge in [-0.25, -0.2) is 4.79 Å². The van der Waals surface area contributed by atoms with Crippen LogP contribution >= 0.6 is 11.6 Å². The first-order chi connectivity index (χ1) is 9.74. The largest absolute Gasteiger partial charge is 0.322 e. The molecule has 1 unspecified atom stereocenters. The van der Waals surface area contributed by atoms with E-state index in [1.165, 1.54) is 18.4 Å². The SMILES string of the molecule is CN1C(=O)Nc2ccc(Cl)cc2C1(CC(C)(C)C)C1CC1. The molecular weight excluding hydrogens is 284 g/mol. The zero-order valence-electron chi connectivity index (χ0n) is 13.2. The smallest absolute Gasteiger partial charge is 0.317 e. The molecule has 1 aliphatic heterocycles. The fourth-order valence-electron chi connectivity index (χ4n) is 3.77. The predicted molar refractivity (Wildman–Crippen MR) is 86.7 cm³/mol. The lowest BCUT2D eigenvalue weighted by molar-refractivity contribution is 0.0738. The first-order valence-corrected chi connectivity index (χ1v) is 7.97. The van der Waals surface area contributed by atoms with Crippen LogP contribution < -0.4 is 5.32 Å². The van der Waals surface area contributed by atoms with E-state index in [2.05, 4.69) is 26.1 Å². The van der Waals surface area contributed by atoms with Crippen LogP contribution in [0.15, 0.2) is 18.2 Å². The number of anilines is 1. The van der Waals surface area contributed by atoms with Crippen molar-refractivity contribution in [1.29, 1.82) is 0 Å². The number of hydrogen-bond acceptors (Lipinski definition) is 1. The molecule has 1 aliphatic carbocycles. The molecule has 114 valence electrons. The zero-order valence-corrected chi connectivity index (χ0v) is 13.9. The number of carbonyl (C=O) groups excluding carboxylic acids is 1. The second-order valence-electron chi connectivity index (χ2n) is 7.62. The Hall–Kier alpha value is -1.22. The van der Waals surface area contributed by atoms with Gasteiger partial charge in [-0.1, -0.05) is 32.4 Å². The molecular formula is C17H23ClN2O. The summed E-state index contributed by atoms with van der Waals surface area (Å²) in [6, 6.07) is 5.81. The maximum Gasteiger partial charge on any atom is 0.322 e. The fraction of sp³-hybridized carbons (Fsp3) is 0.588. The van der Waals surface area contributed by atoms with Crippen LogP contribution in [0.2, 0.25) is 5.02 Å². The third-order valence-corrected chi connectivity index (χ3v) is 4.88. The number of nitrogens with zero attached hydrogens (tertiary/aromatic N) is 1. The first kappa shape index (κ1) is 14.7. The minimum atomic E-state index is -0.235. The summed E-state index contributed by atoms with van der Waals surface area (Å²) in [6.07, 6.45) is 3.31. The van der Waals surface area contributed by atoms with Gasteiger partial charge < -0.3 is 10.2 Å². The Labute approximate surface area is 131 Å². The summed E-state index contributed by atoms with van der Waals surface area (Å²) in [5.74, 6) is 0.532. The summed E-state index contributed by atoms with van der Waals surface area (Å²) in [7, 11) is 1.92. The standard InChI is InChI=1S/C17H23ClN2O/c1-16(2,3)10-17(11-5-6-11)13-9-12(18)7-8-14(13)19-15(21)20(17)4/h7-9,11H,5-6,10H2,1-4H3,(H,19,21). The van der Waals surface area contributed by atoms with Gasteiger partial charge in [0.2, 0.25) is 0 Å². The number of nitrogens with one attached hydrogen (secondary N) is 1. The number of rotatable bonds is 2. The van der Waals surface area contributed by atoms with Gasteiger partial charge in [-0.05, 0) is 48.8 Å². The average Bonchev–Trinajstić information content (AvgIpc) is 3.19. The number of amides is 2. The molecule has 2 amide bonds. The maximum absolute atomic E-state index is 12.5. The van der Waals surface area contributed by atoms with Gasteiger partial charge in [0.15, 0.2) is 0 Å². The van der Waals surface area contributed by atoms with Crippen LogP contribution in [0.25, 0.3) is 0 Å². The molecule has 4 heteroatoms. The number of hydrogen-bond donors (Lipinski definition) is 1. The Morgan fingerprint density at radius 1 is 1.38 bits per heavy atom. The lowest BCUT2D eigenvalue weighted by Crippen LogP contribution is -2.55. The molecule has 1 atom stereocenters. The summed E-state index contributed by atoms with van der Waals surface area (Å²) in [6.45, 7) is 6.71. The second kappa shape index (κ2) is 4.64. The van der Waals surface area contributed by atoms with Gasteiger partial charge in [0.25, 0.3) is 0 Å². The van der Waals surface area contributed by atoms with E-state index >= 15 is 0 Å². The summed E-state index contributed by atoms with van der Waals surface area (Å²) in [5, 5.41) is 3.72. The van der Waals surface area contributed by atoms with Gasteiger partial charge in [0.05, 0.1) is 5.54 Å². The third kappa shape index (κ3) is 2.42. The van der Waals surface area contributed by atoms with Crippen LogP contribution in [0.4, 0.5) is 10.5 Å². The van der Waals surface area contributed by atoms with Crippen molar-refractivity contribution in [2.24, 2.45) is 11.3 Å². The summed E-state index contributed by atoms with van der Waals surface area (Å²) >= 11 is 6.25. The first-order valence-electron chi connectivity index (χ1n) is 7.59. The minimum Gasteiger partial charge on any atom is -0.317 e. The second-order valence-corrected chi connectivity index (χ2v) is 8.05. The van der Waals surface area contributed by atoms with Crippen molar-refractivity contribution in [2.45, 2.75) is 45.6 Å². The van der Waals surface area contributed by atoms with Crippen molar-refractivity contribution >= 4 is 23.3 Å². The van der Waals surface area contributed by atoms with Gasteiger partial charge in [-0.3, -0.25) is 0 Å². The monoisotopic (exact) mass is 306 g/mol. The van der Waals surface area contributed by atoms with Crippen molar-refractivity contribution in [3.05, 3.63) is 28.8 Å². The molecule has 2 aliphatic rings. The quantitative estimate of drug-likeness (QED) is 0.831. The predicted octanol–water partition coefficient (Wildman–Crippen LogP) is 4.86. The highest BCUT2D eigenvalue weighted by atomic mass is 35.5. The van der Waals surface area contributed by atoms with Crippen molar-refractivity contribution in [2.75, 3.05) is 12.4 Å². The Morgan fingerprint density at radius 3 is 2.62 bits per heavy atom. The van der Waals surface area contributed by atoms with Crippen molar-refractivity contribution in [3.8, 4) is 0 Å². The van der Waals surface area contributed by atoms with Crippen LogP contribution in [-0.4, -0.2) is 18.0 Å². The van der Waals surface area contributed by atoms with Gasteiger partial charge in [0, 0.05) is 23.3 Å². The van der Waals surface area contributed by atoms with E-state index < -0.39 is 0 Å². The molecule has 1 saturated carbocycles. The Bertz CT molecular complexity index is 589. The summed E-state index contributed by atoms with van der Waals surface area (Å²) in [4.78, 5) is 14.4. The molecule has 0 bridgehead atoms. The molecule has 0 saturated heterocycles. The van der Waals surface area contributed by atoms with E-state index in [1.807, 2.05) is 30.1 Å². The molecule has 1 fully saturated rings. The van der Waals surface area contributed by atoms with E-state index in [4.69, 9.17) is 11.6 Å². The van der Waals surface area contributed by atoms with Crippen molar-refractivity contribution in [3.63, 3.8) is 0 Å². The Kier molecular flexibility index (Phi) is 3.25. The molecule has 0 spiro atoms. The normalized spacial score (nSPS) is 25.6. The average molecular weight is 307 g/mol. The van der Waals surface area contributed by atoms with Crippen molar-refractivity contribution < 1.29 is 4.79 Å². The molecule has 0 aromatic heterocycles. The Morgan fingerprint density at radius 2 is 2.05 bits per heavy atom. The minimum absolute atomic E-state index is 0.0130. The topological polar surface area (TPSA) is 32.3 Å². The molecule has 1 N–H and O–H groups in total. The highest BCUT2D eigenvalue weighted by Crippen LogP contribution is 2.57. The number of halogens is 1. The van der Waals surface area contributed by atoms with Crippen LogP contribution in [0.3, 0.4) is 0 Å². The molecule has 1 aromatic carbocycles. The molecule has 3 rings (SSSR count). The number of fused-ring (bicyclic) bond motifs is 1. The van der Waals surface area contributed by atoms with E-state index in [9.17, 15) is 4.79 Å². The van der Waals surface area contributed by atoms with E-state index in [0.29, 0.717) is 5.92 Å². The highest BCUT2D eigenvalue weighted by Gasteiger charge is 2.55. The number of carbonyl (C=O) groups is 1. The molecule has 3 nitrogen and oxygen atoms in total. The van der Waals surface area contributed by atoms with E-state index in [1.54, 1.807) is 0 Å².